The molecule has 0 saturated carbocycles. The third-order valence-electron chi connectivity index (χ3n) is 4.31. The number of likely N-dealkylation sites (tertiary alicyclic amines) is 1. The van der Waals surface area contributed by atoms with Crippen molar-refractivity contribution in [2.45, 2.75) is 59.0 Å². The fraction of sp³-hybridized carbons (Fsp3) is 0.750. The van der Waals surface area contributed by atoms with E-state index in [0.717, 1.165) is 18.5 Å². The summed E-state index contributed by atoms with van der Waals surface area (Å²) in [6.45, 7) is 11.0. The average molecular weight is 293 g/mol. The number of carbonyl (C=O) groups excluding carboxylic acids is 1. The molecule has 1 amide bonds. The minimum absolute atomic E-state index is 0.0197. The number of aryl methyl sites for hydroxylation is 1. The molecule has 1 aliphatic rings. The number of aliphatic hydroxyl groups excluding tert-OH is 1. The van der Waals surface area contributed by atoms with Crippen LogP contribution in [0.4, 0.5) is 0 Å². The fourth-order valence-corrected chi connectivity index (χ4v) is 3.18. The number of rotatable bonds is 2. The summed E-state index contributed by atoms with van der Waals surface area (Å²) in [4.78, 5) is 14.5. The van der Waals surface area contributed by atoms with Crippen LogP contribution in [0.25, 0.3) is 0 Å². The predicted molar refractivity (Wildman–Crippen MR) is 82.3 cm³/mol. The average Bonchev–Trinajstić information content (AvgIpc) is 2.79. The number of aromatic nitrogens is 2. The van der Waals surface area contributed by atoms with E-state index in [0.29, 0.717) is 18.2 Å². The fourth-order valence-electron chi connectivity index (χ4n) is 3.18. The molecule has 0 aliphatic carbocycles. The van der Waals surface area contributed by atoms with Crippen LogP contribution in [-0.2, 0) is 5.54 Å². The zero-order valence-electron chi connectivity index (χ0n) is 13.8. The SMILES string of the molecule is Cc1cc(C(=O)N2CCCC(C)C2CO)nn1C(C)(C)C. The van der Waals surface area contributed by atoms with Crippen molar-refractivity contribution in [3.8, 4) is 0 Å². The number of carbonyl (C=O) groups is 1. The van der Waals surface area contributed by atoms with Crippen LogP contribution in [0.15, 0.2) is 6.07 Å². The van der Waals surface area contributed by atoms with Gasteiger partial charge in [-0.3, -0.25) is 9.48 Å². The lowest BCUT2D eigenvalue weighted by molar-refractivity contribution is 0.0352. The highest BCUT2D eigenvalue weighted by Crippen LogP contribution is 2.25. The lowest BCUT2D eigenvalue weighted by atomic mass is 9.91. The molecule has 1 aliphatic heterocycles. The predicted octanol–water partition coefficient (Wildman–Crippen LogP) is 2.18. The number of nitrogens with zero attached hydrogens (tertiary/aromatic N) is 3. The second kappa shape index (κ2) is 5.79. The van der Waals surface area contributed by atoms with Crippen LogP contribution < -0.4 is 0 Å². The van der Waals surface area contributed by atoms with Crippen molar-refractivity contribution in [1.82, 2.24) is 14.7 Å². The van der Waals surface area contributed by atoms with Gasteiger partial charge in [-0.25, -0.2) is 0 Å². The molecule has 2 atom stereocenters. The molecule has 21 heavy (non-hydrogen) atoms. The Hall–Kier alpha value is -1.36. The summed E-state index contributed by atoms with van der Waals surface area (Å²) in [5.74, 6) is 0.269. The summed E-state index contributed by atoms with van der Waals surface area (Å²) < 4.78 is 1.89. The van der Waals surface area contributed by atoms with E-state index in [2.05, 4.69) is 32.8 Å². The molecule has 1 N–H and O–H groups in total. The molecule has 1 aromatic heterocycles. The highest BCUT2D eigenvalue weighted by atomic mass is 16.3. The molecule has 0 aromatic carbocycles. The van der Waals surface area contributed by atoms with Crippen LogP contribution in [0.1, 0.15) is 56.7 Å². The maximum Gasteiger partial charge on any atom is 0.274 e. The molecule has 2 unspecified atom stereocenters. The Labute approximate surface area is 126 Å². The third kappa shape index (κ3) is 3.12. The van der Waals surface area contributed by atoms with Gasteiger partial charge in [0.25, 0.3) is 5.91 Å². The number of hydrogen-bond acceptors (Lipinski definition) is 3. The Bertz CT molecular complexity index is 516. The topological polar surface area (TPSA) is 58.4 Å². The molecule has 5 nitrogen and oxygen atoms in total. The van der Waals surface area contributed by atoms with Crippen LogP contribution in [0.3, 0.4) is 0 Å². The van der Waals surface area contributed by atoms with Crippen molar-refractivity contribution < 1.29 is 9.90 Å². The van der Waals surface area contributed by atoms with Gasteiger partial charge in [0, 0.05) is 12.2 Å². The van der Waals surface area contributed by atoms with Gasteiger partial charge in [-0.2, -0.15) is 5.10 Å². The first-order valence-electron chi connectivity index (χ1n) is 7.74. The lowest BCUT2D eigenvalue weighted by Crippen LogP contribution is -2.49. The Morgan fingerprint density at radius 1 is 1.48 bits per heavy atom. The van der Waals surface area contributed by atoms with Crippen molar-refractivity contribution in [2.75, 3.05) is 13.2 Å². The van der Waals surface area contributed by atoms with E-state index in [1.54, 1.807) is 4.90 Å². The molecular formula is C16H27N3O2. The molecular weight excluding hydrogens is 266 g/mol. The number of hydrogen-bond donors (Lipinski definition) is 1. The van der Waals surface area contributed by atoms with Gasteiger partial charge in [0.1, 0.15) is 0 Å². The quantitative estimate of drug-likeness (QED) is 0.909. The van der Waals surface area contributed by atoms with Crippen LogP contribution in [0.5, 0.6) is 0 Å². The first-order valence-corrected chi connectivity index (χ1v) is 7.74. The van der Waals surface area contributed by atoms with E-state index in [1.807, 2.05) is 17.7 Å². The Balaban J connectivity index is 2.27. The van der Waals surface area contributed by atoms with Crippen molar-refractivity contribution in [2.24, 2.45) is 5.92 Å². The second-order valence-electron chi connectivity index (χ2n) is 7.12. The van der Waals surface area contributed by atoms with Crippen molar-refractivity contribution in [1.29, 1.82) is 0 Å². The van der Waals surface area contributed by atoms with E-state index in [9.17, 15) is 9.90 Å². The number of amides is 1. The first kappa shape index (κ1) is 16.0. The van der Waals surface area contributed by atoms with Gasteiger partial charge in [-0.05, 0) is 52.5 Å². The summed E-state index contributed by atoms with van der Waals surface area (Å²) in [5, 5.41) is 14.1. The van der Waals surface area contributed by atoms with E-state index < -0.39 is 0 Å². The second-order valence-corrected chi connectivity index (χ2v) is 7.12. The Morgan fingerprint density at radius 3 is 2.67 bits per heavy atom. The van der Waals surface area contributed by atoms with Crippen LogP contribution in [0.2, 0.25) is 0 Å². The zero-order chi connectivity index (χ0) is 15.8. The number of aliphatic hydroxyl groups is 1. The molecule has 0 bridgehead atoms. The van der Waals surface area contributed by atoms with Gasteiger partial charge < -0.3 is 10.0 Å². The molecule has 5 heteroatoms. The molecule has 1 aromatic rings. The van der Waals surface area contributed by atoms with Gasteiger partial charge in [-0.1, -0.05) is 6.92 Å². The first-order chi connectivity index (χ1) is 9.75. The number of piperidine rings is 1. The van der Waals surface area contributed by atoms with E-state index in [-0.39, 0.29) is 24.1 Å². The minimum Gasteiger partial charge on any atom is -0.394 e. The van der Waals surface area contributed by atoms with Crippen molar-refractivity contribution in [3.63, 3.8) is 0 Å². The minimum atomic E-state index is -0.145. The van der Waals surface area contributed by atoms with Crippen molar-refractivity contribution >= 4 is 5.91 Å². The van der Waals surface area contributed by atoms with Gasteiger partial charge in [0.15, 0.2) is 5.69 Å². The summed E-state index contributed by atoms with van der Waals surface area (Å²) in [6, 6.07) is 1.76. The van der Waals surface area contributed by atoms with Gasteiger partial charge in [0.05, 0.1) is 18.2 Å². The largest absolute Gasteiger partial charge is 0.394 e. The summed E-state index contributed by atoms with van der Waals surface area (Å²) >= 11 is 0. The van der Waals surface area contributed by atoms with Crippen molar-refractivity contribution in [3.05, 3.63) is 17.5 Å². The Morgan fingerprint density at radius 2 is 2.14 bits per heavy atom. The van der Waals surface area contributed by atoms with Crippen LogP contribution >= 0.6 is 0 Å². The summed E-state index contributed by atoms with van der Waals surface area (Å²) in [6.07, 6.45) is 2.05. The summed E-state index contributed by atoms with van der Waals surface area (Å²) in [7, 11) is 0. The van der Waals surface area contributed by atoms with E-state index in [1.165, 1.54) is 0 Å². The Kier molecular flexibility index (Phi) is 4.42. The van der Waals surface area contributed by atoms with Gasteiger partial charge >= 0.3 is 0 Å². The van der Waals surface area contributed by atoms with Gasteiger partial charge in [0.2, 0.25) is 0 Å². The normalized spacial score (nSPS) is 23.4. The molecule has 118 valence electrons. The smallest absolute Gasteiger partial charge is 0.274 e. The zero-order valence-corrected chi connectivity index (χ0v) is 13.8. The van der Waals surface area contributed by atoms with Gasteiger partial charge in [-0.15, -0.1) is 0 Å². The summed E-state index contributed by atoms with van der Waals surface area (Å²) in [5.41, 5.74) is 1.32. The molecule has 2 rings (SSSR count). The maximum atomic E-state index is 12.7. The molecule has 1 fully saturated rings. The lowest BCUT2D eigenvalue weighted by Gasteiger charge is -2.38. The van der Waals surface area contributed by atoms with Crippen LogP contribution in [-0.4, -0.2) is 44.9 Å². The standard InChI is InChI=1S/C16H27N3O2/c1-11-7-6-8-18(14(11)10-20)15(21)13-9-12(2)19(17-13)16(3,4)5/h9,11,14,20H,6-8,10H2,1-5H3. The molecule has 1 saturated heterocycles. The highest BCUT2D eigenvalue weighted by Gasteiger charge is 2.33. The highest BCUT2D eigenvalue weighted by molar-refractivity contribution is 5.92. The van der Waals surface area contributed by atoms with E-state index >= 15 is 0 Å². The van der Waals surface area contributed by atoms with E-state index in [4.69, 9.17) is 0 Å². The maximum absolute atomic E-state index is 12.7. The van der Waals surface area contributed by atoms with Crippen LogP contribution in [0, 0.1) is 12.8 Å². The monoisotopic (exact) mass is 293 g/mol. The molecule has 0 radical (unpaired) electrons. The third-order valence-corrected chi connectivity index (χ3v) is 4.31. The molecule has 0 spiro atoms. The molecule has 2 heterocycles.